The first-order valence-electron chi connectivity index (χ1n) is 10.6. The number of sulfone groups is 1. The normalized spacial score (nSPS) is 12.8. The number of amides is 1. The Balaban J connectivity index is 1.68. The number of hydrogen-bond acceptors (Lipinski definition) is 9. The Hall–Kier alpha value is -2.31. The van der Waals surface area contributed by atoms with Crippen LogP contribution in [0.1, 0.15) is 43.6 Å². The highest BCUT2D eigenvalue weighted by molar-refractivity contribution is 8.00. The van der Waals surface area contributed by atoms with Crippen molar-refractivity contribution >= 4 is 44.0 Å². The van der Waals surface area contributed by atoms with Gasteiger partial charge in [-0.1, -0.05) is 61.6 Å². The molecule has 0 bridgehead atoms. The third-order valence-corrected chi connectivity index (χ3v) is 8.70. The Morgan fingerprint density at radius 2 is 1.85 bits per heavy atom. The number of hydrogen-bond donors (Lipinski definition) is 1. The number of aromatic nitrogens is 5. The van der Waals surface area contributed by atoms with Gasteiger partial charge in [-0.15, -0.1) is 20.4 Å². The van der Waals surface area contributed by atoms with Gasteiger partial charge in [0.05, 0.1) is 10.1 Å². The van der Waals surface area contributed by atoms with Gasteiger partial charge in [-0.2, -0.15) is 0 Å². The van der Waals surface area contributed by atoms with E-state index in [0.29, 0.717) is 28.5 Å². The van der Waals surface area contributed by atoms with Crippen molar-refractivity contribution in [1.29, 1.82) is 0 Å². The van der Waals surface area contributed by atoms with Crippen LogP contribution in [-0.2, 0) is 33.9 Å². The van der Waals surface area contributed by atoms with E-state index in [-0.39, 0.29) is 16.6 Å². The smallest absolute Gasteiger partial charge is 0.239 e. The molecular weight excluding hydrogens is 480 g/mol. The second-order valence-corrected chi connectivity index (χ2v) is 12.4. The summed E-state index contributed by atoms with van der Waals surface area (Å²) in [4.78, 5) is 13.0. The molecule has 178 valence electrons. The van der Waals surface area contributed by atoms with E-state index in [0.717, 1.165) is 17.0 Å². The molecule has 12 heteroatoms. The highest BCUT2D eigenvalue weighted by atomic mass is 32.2. The lowest BCUT2D eigenvalue weighted by molar-refractivity contribution is -0.115. The van der Waals surface area contributed by atoms with E-state index in [9.17, 15) is 13.2 Å². The molecule has 0 saturated carbocycles. The van der Waals surface area contributed by atoms with Gasteiger partial charge in [0.2, 0.25) is 11.0 Å². The van der Waals surface area contributed by atoms with Gasteiger partial charge in [-0.3, -0.25) is 10.1 Å². The molecule has 3 rings (SSSR count). The summed E-state index contributed by atoms with van der Waals surface area (Å²) >= 11 is 2.62. The average molecular weight is 509 g/mol. The molecular formula is C21H28N6O3S3. The molecule has 33 heavy (non-hydrogen) atoms. The van der Waals surface area contributed by atoms with Gasteiger partial charge >= 0.3 is 0 Å². The lowest BCUT2D eigenvalue weighted by Crippen LogP contribution is -2.25. The summed E-state index contributed by atoms with van der Waals surface area (Å²) in [6, 6.07) is 6.71. The number of carbonyl (C=O) groups excluding carboxylic acids is 1. The van der Waals surface area contributed by atoms with Crippen molar-refractivity contribution in [1.82, 2.24) is 25.0 Å². The zero-order chi connectivity index (χ0) is 24.2. The van der Waals surface area contributed by atoms with Crippen LogP contribution in [0.15, 0.2) is 34.3 Å². The minimum absolute atomic E-state index is 0.202. The Morgan fingerprint density at radius 1 is 1.15 bits per heavy atom. The molecule has 2 heterocycles. The molecule has 0 radical (unpaired) electrons. The van der Waals surface area contributed by atoms with Crippen LogP contribution < -0.4 is 5.32 Å². The summed E-state index contributed by atoms with van der Waals surface area (Å²) in [6.07, 6.45) is 1.37. The van der Waals surface area contributed by atoms with E-state index in [1.807, 2.05) is 13.8 Å². The molecule has 0 spiro atoms. The molecule has 0 aliphatic heterocycles. The van der Waals surface area contributed by atoms with E-state index < -0.39 is 15.1 Å². The molecule has 1 atom stereocenters. The number of anilines is 1. The minimum atomic E-state index is -3.56. The molecule has 9 nitrogen and oxygen atoms in total. The summed E-state index contributed by atoms with van der Waals surface area (Å²) in [5.74, 6) is 0.301. The summed E-state index contributed by atoms with van der Waals surface area (Å²) < 4.78 is 27.2. The Morgan fingerprint density at radius 3 is 2.48 bits per heavy atom. The van der Waals surface area contributed by atoms with Crippen LogP contribution >= 0.6 is 23.1 Å². The first-order chi connectivity index (χ1) is 15.6. The lowest BCUT2D eigenvalue weighted by atomic mass is 10.1. The predicted molar refractivity (Wildman–Crippen MR) is 130 cm³/mol. The highest BCUT2D eigenvalue weighted by Gasteiger charge is 2.25. The maximum atomic E-state index is 12.8. The van der Waals surface area contributed by atoms with Crippen molar-refractivity contribution in [2.24, 2.45) is 13.0 Å². The SMILES string of the molecule is CCC(Sc1nnc(CS(=O)(=O)c2ccc(C)cc2)n1C)C(=O)Nc1nnc(CC(C)C)s1. The Labute approximate surface area is 202 Å². The average Bonchev–Trinajstić information content (AvgIpc) is 3.32. The number of aryl methyl sites for hydroxylation is 1. The van der Waals surface area contributed by atoms with Crippen molar-refractivity contribution in [2.75, 3.05) is 5.32 Å². The fourth-order valence-electron chi connectivity index (χ4n) is 2.94. The highest BCUT2D eigenvalue weighted by Crippen LogP contribution is 2.27. The van der Waals surface area contributed by atoms with Gasteiger partial charge in [0.1, 0.15) is 16.6 Å². The first-order valence-corrected chi connectivity index (χ1v) is 13.9. The second-order valence-electron chi connectivity index (χ2n) is 8.13. The third-order valence-electron chi connectivity index (χ3n) is 4.82. The molecule has 0 aliphatic carbocycles. The zero-order valence-corrected chi connectivity index (χ0v) is 21.7. The Bertz CT molecular complexity index is 1200. The molecule has 1 unspecified atom stereocenters. The van der Waals surface area contributed by atoms with E-state index in [2.05, 4.69) is 39.6 Å². The summed E-state index contributed by atoms with van der Waals surface area (Å²) in [5, 5.41) is 20.6. The fraction of sp³-hybridized carbons (Fsp3) is 0.476. The van der Waals surface area contributed by atoms with Crippen molar-refractivity contribution in [3.63, 3.8) is 0 Å². The summed E-state index contributed by atoms with van der Waals surface area (Å²) in [6.45, 7) is 8.01. The molecule has 0 fully saturated rings. The van der Waals surface area contributed by atoms with Crippen LogP contribution in [-0.4, -0.2) is 44.5 Å². The maximum absolute atomic E-state index is 12.8. The quantitative estimate of drug-likeness (QED) is 0.412. The van der Waals surface area contributed by atoms with E-state index in [4.69, 9.17) is 0 Å². The lowest BCUT2D eigenvalue weighted by Gasteiger charge is -2.13. The van der Waals surface area contributed by atoms with Gasteiger partial charge in [0.15, 0.2) is 15.0 Å². The van der Waals surface area contributed by atoms with Gasteiger partial charge in [0.25, 0.3) is 0 Å². The molecule has 0 aliphatic rings. The van der Waals surface area contributed by atoms with Crippen molar-refractivity contribution in [3.05, 3.63) is 40.7 Å². The molecule has 1 amide bonds. The van der Waals surface area contributed by atoms with Crippen LogP contribution in [0.5, 0.6) is 0 Å². The van der Waals surface area contributed by atoms with Crippen LogP contribution in [0.25, 0.3) is 0 Å². The molecule has 1 aromatic carbocycles. The van der Waals surface area contributed by atoms with Crippen molar-refractivity contribution in [2.45, 2.75) is 61.6 Å². The predicted octanol–water partition coefficient (Wildman–Crippen LogP) is 3.66. The first kappa shape index (κ1) is 25.3. The number of thioether (sulfide) groups is 1. The standard InChI is InChI=1S/C21H28N6O3S3/c1-6-16(19(28)22-20-25-24-18(32-20)11-13(2)3)31-21-26-23-17(27(21)5)12-33(29,30)15-9-7-14(4)8-10-15/h7-10,13,16H,6,11-12H2,1-5H3,(H,22,25,28). The minimum Gasteiger partial charge on any atom is -0.308 e. The van der Waals surface area contributed by atoms with Crippen LogP contribution in [0, 0.1) is 12.8 Å². The topological polar surface area (TPSA) is 120 Å². The number of benzene rings is 1. The zero-order valence-electron chi connectivity index (χ0n) is 19.3. The second kappa shape index (κ2) is 10.7. The largest absolute Gasteiger partial charge is 0.308 e. The van der Waals surface area contributed by atoms with E-state index in [1.165, 1.54) is 23.1 Å². The van der Waals surface area contributed by atoms with Gasteiger partial charge in [0, 0.05) is 13.5 Å². The molecule has 0 saturated heterocycles. The Kier molecular flexibility index (Phi) is 8.24. The van der Waals surface area contributed by atoms with Gasteiger partial charge in [-0.05, 0) is 31.4 Å². The molecule has 3 aromatic rings. The van der Waals surface area contributed by atoms with Gasteiger partial charge in [-0.25, -0.2) is 8.42 Å². The van der Waals surface area contributed by atoms with E-state index in [1.54, 1.807) is 35.9 Å². The van der Waals surface area contributed by atoms with Crippen LogP contribution in [0.3, 0.4) is 0 Å². The molecule has 2 aromatic heterocycles. The molecule has 1 N–H and O–H groups in total. The summed E-state index contributed by atoms with van der Waals surface area (Å²) in [7, 11) is -1.86. The number of rotatable bonds is 10. The fourth-order valence-corrected chi connectivity index (χ4v) is 6.15. The summed E-state index contributed by atoms with van der Waals surface area (Å²) in [5.41, 5.74) is 0.986. The van der Waals surface area contributed by atoms with Crippen LogP contribution in [0.4, 0.5) is 5.13 Å². The number of nitrogens with one attached hydrogen (secondary N) is 1. The van der Waals surface area contributed by atoms with E-state index >= 15 is 0 Å². The maximum Gasteiger partial charge on any atom is 0.239 e. The van der Waals surface area contributed by atoms with Gasteiger partial charge < -0.3 is 4.57 Å². The van der Waals surface area contributed by atoms with Crippen molar-refractivity contribution in [3.8, 4) is 0 Å². The monoisotopic (exact) mass is 508 g/mol. The van der Waals surface area contributed by atoms with Crippen molar-refractivity contribution < 1.29 is 13.2 Å². The third kappa shape index (κ3) is 6.61. The number of carbonyl (C=O) groups is 1. The number of nitrogens with zero attached hydrogens (tertiary/aromatic N) is 5. The van der Waals surface area contributed by atoms with Crippen LogP contribution in [0.2, 0.25) is 0 Å².